The van der Waals surface area contributed by atoms with Gasteiger partial charge in [-0.15, -0.1) is 0 Å². The standard InChI is InChI=1S/C8H10N2O/c1-4-5(2)7(9)10-8(11)6(4)3/h11H,1-2H2,3H3,(H2,9,10). The number of aromatic nitrogens is 1. The zero-order valence-electron chi connectivity index (χ0n) is 6.39. The largest absolute Gasteiger partial charge is 0.493 e. The molecule has 0 radical (unpaired) electrons. The number of hydrogen-bond acceptors (Lipinski definition) is 3. The molecule has 3 N–H and O–H groups in total. The molecule has 3 heteroatoms. The molecule has 11 heavy (non-hydrogen) atoms. The van der Waals surface area contributed by atoms with Gasteiger partial charge in [0.05, 0.1) is 0 Å². The highest BCUT2D eigenvalue weighted by Crippen LogP contribution is 2.04. The minimum absolute atomic E-state index is 0.0695. The maximum atomic E-state index is 9.15. The third-order valence-electron chi connectivity index (χ3n) is 1.69. The van der Waals surface area contributed by atoms with Crippen LogP contribution in [0.15, 0.2) is 0 Å². The molecule has 0 spiro atoms. The number of rotatable bonds is 0. The topological polar surface area (TPSA) is 59.1 Å². The Balaban J connectivity index is 3.74. The Kier molecular flexibility index (Phi) is 1.57. The van der Waals surface area contributed by atoms with Gasteiger partial charge in [0.1, 0.15) is 5.82 Å². The first-order valence-electron chi connectivity index (χ1n) is 3.17. The van der Waals surface area contributed by atoms with Crippen molar-refractivity contribution in [3.63, 3.8) is 0 Å². The van der Waals surface area contributed by atoms with Crippen molar-refractivity contribution in [3.8, 4) is 5.88 Å². The van der Waals surface area contributed by atoms with Crippen molar-refractivity contribution in [3.05, 3.63) is 16.0 Å². The SMILES string of the molecule is C=c1c(N)nc(O)c(C)c1=C. The summed E-state index contributed by atoms with van der Waals surface area (Å²) in [6.07, 6.45) is 0. The van der Waals surface area contributed by atoms with Crippen LogP contribution in [-0.2, 0) is 0 Å². The van der Waals surface area contributed by atoms with E-state index in [-0.39, 0.29) is 11.7 Å². The van der Waals surface area contributed by atoms with E-state index in [2.05, 4.69) is 18.1 Å². The summed E-state index contributed by atoms with van der Waals surface area (Å²) in [6.45, 7) is 9.08. The smallest absolute Gasteiger partial charge is 0.216 e. The predicted octanol–water partition coefficient (Wildman–Crippen LogP) is -0.502. The normalized spacial score (nSPS) is 9.91. The molecule has 0 unspecified atom stereocenters. The van der Waals surface area contributed by atoms with E-state index >= 15 is 0 Å². The first-order valence-corrected chi connectivity index (χ1v) is 3.17. The lowest BCUT2D eigenvalue weighted by Crippen LogP contribution is -2.28. The van der Waals surface area contributed by atoms with Gasteiger partial charge in [0, 0.05) is 10.8 Å². The van der Waals surface area contributed by atoms with Crippen molar-refractivity contribution < 1.29 is 5.11 Å². The van der Waals surface area contributed by atoms with E-state index in [1.807, 2.05) is 0 Å². The highest BCUT2D eigenvalue weighted by atomic mass is 16.3. The second-order valence-electron chi connectivity index (χ2n) is 2.40. The molecule has 0 aliphatic carbocycles. The number of nitrogen functional groups attached to an aromatic ring is 1. The molecular weight excluding hydrogens is 140 g/mol. The summed E-state index contributed by atoms with van der Waals surface area (Å²) < 4.78 is 0. The van der Waals surface area contributed by atoms with Gasteiger partial charge in [0.25, 0.3) is 0 Å². The molecule has 0 aromatic carbocycles. The van der Waals surface area contributed by atoms with Crippen LogP contribution in [0.2, 0.25) is 0 Å². The Morgan fingerprint density at radius 2 is 1.91 bits per heavy atom. The van der Waals surface area contributed by atoms with E-state index in [1.165, 1.54) is 0 Å². The molecule has 58 valence electrons. The first kappa shape index (κ1) is 7.60. The van der Waals surface area contributed by atoms with Crippen LogP contribution in [0.1, 0.15) is 5.56 Å². The molecule has 1 heterocycles. The highest BCUT2D eigenvalue weighted by Gasteiger charge is 2.00. The van der Waals surface area contributed by atoms with Crippen molar-refractivity contribution in [2.75, 3.05) is 5.73 Å². The molecule has 0 aliphatic rings. The van der Waals surface area contributed by atoms with Crippen LogP contribution in [-0.4, -0.2) is 10.1 Å². The van der Waals surface area contributed by atoms with Crippen molar-refractivity contribution >= 4 is 19.0 Å². The predicted molar refractivity (Wildman–Crippen MR) is 45.3 cm³/mol. The lowest BCUT2D eigenvalue weighted by molar-refractivity contribution is 0.449. The van der Waals surface area contributed by atoms with Crippen LogP contribution >= 0.6 is 0 Å². The molecule has 0 aliphatic heterocycles. The number of aromatic hydroxyl groups is 1. The molecule has 0 saturated carbocycles. The van der Waals surface area contributed by atoms with Crippen LogP contribution in [0.3, 0.4) is 0 Å². The zero-order chi connectivity index (χ0) is 8.59. The van der Waals surface area contributed by atoms with E-state index in [9.17, 15) is 0 Å². The van der Waals surface area contributed by atoms with Crippen molar-refractivity contribution in [1.29, 1.82) is 0 Å². The van der Waals surface area contributed by atoms with Crippen molar-refractivity contribution in [2.24, 2.45) is 0 Å². The van der Waals surface area contributed by atoms with E-state index < -0.39 is 0 Å². The average molecular weight is 150 g/mol. The summed E-state index contributed by atoms with van der Waals surface area (Å²) in [5.41, 5.74) is 6.05. The summed E-state index contributed by atoms with van der Waals surface area (Å²) in [7, 11) is 0. The van der Waals surface area contributed by atoms with Crippen LogP contribution in [0.5, 0.6) is 5.88 Å². The molecule has 0 amide bonds. The molecule has 0 atom stereocenters. The molecule has 0 fully saturated rings. The maximum Gasteiger partial charge on any atom is 0.216 e. The van der Waals surface area contributed by atoms with Gasteiger partial charge in [0.15, 0.2) is 0 Å². The van der Waals surface area contributed by atoms with Crippen molar-refractivity contribution in [2.45, 2.75) is 6.92 Å². The molecule has 1 aromatic rings. The Morgan fingerprint density at radius 1 is 1.36 bits per heavy atom. The fourth-order valence-corrected chi connectivity index (χ4v) is 0.781. The fraction of sp³-hybridized carbons (Fsp3) is 0.125. The molecule has 0 saturated heterocycles. The van der Waals surface area contributed by atoms with E-state index in [0.717, 1.165) is 0 Å². The number of pyridine rings is 1. The lowest BCUT2D eigenvalue weighted by atomic mass is 10.2. The first-order chi connectivity index (χ1) is 5.04. The van der Waals surface area contributed by atoms with Gasteiger partial charge in [-0.2, -0.15) is 4.98 Å². The molecule has 1 rings (SSSR count). The van der Waals surface area contributed by atoms with Crippen LogP contribution in [0, 0.1) is 6.92 Å². The van der Waals surface area contributed by atoms with E-state index in [4.69, 9.17) is 10.8 Å². The molecular formula is C8H10N2O. The Bertz CT molecular complexity index is 384. The third kappa shape index (κ3) is 1.05. The minimum atomic E-state index is -0.0695. The Hall–Kier alpha value is -1.51. The summed E-state index contributed by atoms with van der Waals surface area (Å²) in [5.74, 6) is 0.165. The summed E-state index contributed by atoms with van der Waals surface area (Å²) >= 11 is 0. The van der Waals surface area contributed by atoms with Crippen LogP contribution in [0.4, 0.5) is 5.82 Å². The Labute approximate surface area is 64.5 Å². The van der Waals surface area contributed by atoms with Gasteiger partial charge in [-0.05, 0) is 12.1 Å². The number of nitrogens with zero attached hydrogens (tertiary/aromatic N) is 1. The van der Waals surface area contributed by atoms with Gasteiger partial charge in [-0.3, -0.25) is 0 Å². The summed E-state index contributed by atoms with van der Waals surface area (Å²) in [4.78, 5) is 3.66. The van der Waals surface area contributed by atoms with E-state index in [0.29, 0.717) is 16.0 Å². The molecule has 1 aromatic heterocycles. The van der Waals surface area contributed by atoms with Gasteiger partial charge in [-0.25, -0.2) is 0 Å². The van der Waals surface area contributed by atoms with Gasteiger partial charge >= 0.3 is 0 Å². The number of nitrogens with two attached hydrogens (primary N) is 1. The summed E-state index contributed by atoms with van der Waals surface area (Å²) in [5, 5.41) is 10.4. The molecule has 3 nitrogen and oxygen atoms in total. The third-order valence-corrected chi connectivity index (χ3v) is 1.69. The van der Waals surface area contributed by atoms with Crippen LogP contribution < -0.4 is 16.2 Å². The van der Waals surface area contributed by atoms with Crippen molar-refractivity contribution in [1.82, 2.24) is 4.98 Å². The molecule has 0 bridgehead atoms. The van der Waals surface area contributed by atoms with Gasteiger partial charge < -0.3 is 10.8 Å². The zero-order valence-corrected chi connectivity index (χ0v) is 6.39. The second kappa shape index (κ2) is 2.27. The monoisotopic (exact) mass is 150 g/mol. The van der Waals surface area contributed by atoms with E-state index in [1.54, 1.807) is 6.92 Å². The van der Waals surface area contributed by atoms with Crippen LogP contribution in [0.25, 0.3) is 13.2 Å². The van der Waals surface area contributed by atoms with Gasteiger partial charge in [0.2, 0.25) is 5.88 Å². The quantitative estimate of drug-likeness (QED) is 0.524. The number of anilines is 1. The highest BCUT2D eigenvalue weighted by molar-refractivity contribution is 5.41. The Morgan fingerprint density at radius 3 is 2.45 bits per heavy atom. The van der Waals surface area contributed by atoms with Gasteiger partial charge in [-0.1, -0.05) is 13.2 Å². The lowest BCUT2D eigenvalue weighted by Gasteiger charge is -2.00. The summed E-state index contributed by atoms with van der Waals surface area (Å²) in [6, 6.07) is 0. The average Bonchev–Trinajstić information content (AvgIpc) is 1.97. The minimum Gasteiger partial charge on any atom is -0.493 e. The second-order valence-corrected chi connectivity index (χ2v) is 2.40. The fourth-order valence-electron chi connectivity index (χ4n) is 0.781. The maximum absolute atomic E-state index is 9.15. The number of hydrogen-bond donors (Lipinski definition) is 2.